The van der Waals surface area contributed by atoms with Gasteiger partial charge in [0.1, 0.15) is 6.67 Å². The molecule has 19 heavy (non-hydrogen) atoms. The molecule has 1 rings (SSSR count). The summed E-state index contributed by atoms with van der Waals surface area (Å²) in [5.41, 5.74) is 6.66. The number of hydrogen-bond donors (Lipinski definition) is 1. The summed E-state index contributed by atoms with van der Waals surface area (Å²) in [7, 11) is 0.774. The summed E-state index contributed by atoms with van der Waals surface area (Å²) in [4.78, 5) is 0. The largest absolute Gasteiger partial charge is 0.375 e. The first-order valence-corrected chi connectivity index (χ1v) is 9.16. The van der Waals surface area contributed by atoms with Crippen molar-refractivity contribution >= 4 is 10.0 Å². The highest BCUT2D eigenvalue weighted by atomic mass is 32.3. The molecular weight excluding hydrogens is 261 g/mol. The first kappa shape index (κ1) is 16.3. The third-order valence-electron chi connectivity index (χ3n) is 2.83. The number of nitrogens with two attached hydrogens (primary N) is 1. The fraction of sp³-hybridized carbons (Fsp3) is 0.600. The first-order chi connectivity index (χ1) is 8.87. The number of methoxy groups -OCH3 is 1. The van der Waals surface area contributed by atoms with E-state index in [1.807, 2.05) is 6.08 Å². The van der Waals surface area contributed by atoms with Gasteiger partial charge in [-0.3, -0.25) is 0 Å². The minimum atomic E-state index is -0.785. The van der Waals surface area contributed by atoms with Crippen molar-refractivity contribution in [3.63, 3.8) is 0 Å². The SMILES string of the molecule is COC(C1=CCC(C#CS(C)(C)C)C=C1)C(N)CF. The standard InChI is InChI=1S/C15H24FNOS/c1-18-15(14(17)11-16)13-7-5-12(6-8-13)9-10-19(2,3)4/h5,7-8,12,14-15H,6,11,17H2,1-4H3. The number of allylic oxidation sites excluding steroid dienone is 2. The molecule has 0 amide bonds. The molecule has 1 aliphatic rings. The molecule has 0 saturated heterocycles. The Morgan fingerprint density at radius 2 is 2.21 bits per heavy atom. The van der Waals surface area contributed by atoms with Crippen molar-refractivity contribution in [3.05, 3.63) is 23.8 Å². The van der Waals surface area contributed by atoms with E-state index >= 15 is 0 Å². The Labute approximate surface area is 117 Å². The fourth-order valence-corrected chi connectivity index (χ4v) is 2.35. The van der Waals surface area contributed by atoms with Crippen LogP contribution in [-0.2, 0) is 4.74 Å². The maximum atomic E-state index is 12.6. The molecule has 3 atom stereocenters. The number of halogens is 1. The maximum Gasteiger partial charge on any atom is 0.107 e. The second-order valence-corrected chi connectivity index (χ2v) is 9.34. The molecule has 0 radical (unpaired) electrons. The van der Waals surface area contributed by atoms with E-state index in [9.17, 15) is 4.39 Å². The summed E-state index contributed by atoms with van der Waals surface area (Å²) in [5, 5.41) is 3.32. The predicted molar refractivity (Wildman–Crippen MR) is 83.2 cm³/mol. The van der Waals surface area contributed by atoms with Crippen LogP contribution in [0.3, 0.4) is 0 Å². The normalized spacial score (nSPS) is 23.1. The lowest BCUT2D eigenvalue weighted by Gasteiger charge is -2.24. The lowest BCUT2D eigenvalue weighted by atomic mass is 9.92. The van der Waals surface area contributed by atoms with Crippen LogP contribution in [0.5, 0.6) is 0 Å². The van der Waals surface area contributed by atoms with E-state index in [4.69, 9.17) is 10.5 Å². The zero-order valence-corrected chi connectivity index (χ0v) is 13.0. The third kappa shape index (κ3) is 5.40. The van der Waals surface area contributed by atoms with Crippen LogP contribution in [-0.4, -0.2) is 44.7 Å². The molecule has 0 heterocycles. The highest BCUT2D eigenvalue weighted by molar-refractivity contribution is 8.35. The molecule has 0 fully saturated rings. The molecule has 0 aliphatic heterocycles. The Balaban J connectivity index is 2.68. The Morgan fingerprint density at radius 1 is 1.53 bits per heavy atom. The van der Waals surface area contributed by atoms with E-state index in [0.717, 1.165) is 12.0 Å². The van der Waals surface area contributed by atoms with Crippen LogP contribution in [0.15, 0.2) is 23.8 Å². The molecule has 0 aromatic heterocycles. The van der Waals surface area contributed by atoms with Gasteiger partial charge in [0.05, 0.1) is 12.1 Å². The van der Waals surface area contributed by atoms with E-state index in [1.165, 1.54) is 0 Å². The molecule has 3 unspecified atom stereocenters. The minimum absolute atomic E-state index is 0.245. The van der Waals surface area contributed by atoms with Gasteiger partial charge in [-0.15, -0.1) is 0 Å². The van der Waals surface area contributed by atoms with Crippen molar-refractivity contribution in [2.75, 3.05) is 32.6 Å². The van der Waals surface area contributed by atoms with Gasteiger partial charge in [0, 0.05) is 13.0 Å². The lowest BCUT2D eigenvalue weighted by Crippen LogP contribution is -2.39. The van der Waals surface area contributed by atoms with Crippen molar-refractivity contribution in [3.8, 4) is 11.2 Å². The molecule has 0 aromatic rings. The van der Waals surface area contributed by atoms with Crippen LogP contribution in [0.25, 0.3) is 0 Å². The van der Waals surface area contributed by atoms with Crippen molar-refractivity contribution in [1.82, 2.24) is 0 Å². The molecule has 2 nitrogen and oxygen atoms in total. The summed E-state index contributed by atoms with van der Waals surface area (Å²) in [6.45, 7) is -0.583. The molecule has 0 aromatic carbocycles. The summed E-state index contributed by atoms with van der Waals surface area (Å²) < 4.78 is 17.9. The summed E-state index contributed by atoms with van der Waals surface area (Å²) in [6.07, 6.45) is 13.1. The molecule has 4 heteroatoms. The Hall–Kier alpha value is -0.760. The molecule has 0 bridgehead atoms. The zero-order valence-electron chi connectivity index (χ0n) is 12.2. The van der Waals surface area contributed by atoms with Crippen molar-refractivity contribution in [2.45, 2.75) is 18.6 Å². The van der Waals surface area contributed by atoms with Crippen LogP contribution >= 0.6 is 10.0 Å². The van der Waals surface area contributed by atoms with Crippen LogP contribution in [0.4, 0.5) is 4.39 Å². The maximum absolute atomic E-state index is 12.6. The molecular formula is C15H24FNOS. The average Bonchev–Trinajstić information content (AvgIpc) is 2.37. The molecule has 1 aliphatic carbocycles. The lowest BCUT2D eigenvalue weighted by molar-refractivity contribution is 0.102. The van der Waals surface area contributed by atoms with Gasteiger partial charge in [-0.05, 0) is 30.8 Å². The van der Waals surface area contributed by atoms with Gasteiger partial charge in [-0.1, -0.05) is 29.4 Å². The fourth-order valence-electron chi connectivity index (χ4n) is 1.85. The summed E-state index contributed by atoms with van der Waals surface area (Å²) in [5.74, 6) is 3.54. The van der Waals surface area contributed by atoms with Gasteiger partial charge in [0.2, 0.25) is 0 Å². The van der Waals surface area contributed by atoms with Gasteiger partial charge in [-0.2, -0.15) is 10.0 Å². The van der Waals surface area contributed by atoms with Crippen molar-refractivity contribution < 1.29 is 9.13 Å². The number of alkyl halides is 1. The van der Waals surface area contributed by atoms with Crippen LogP contribution in [0.2, 0.25) is 0 Å². The Bertz CT molecular complexity index is 414. The summed E-state index contributed by atoms with van der Waals surface area (Å²) in [6, 6.07) is -0.609. The van der Waals surface area contributed by atoms with Crippen molar-refractivity contribution in [2.24, 2.45) is 11.7 Å². The van der Waals surface area contributed by atoms with Gasteiger partial charge in [-0.25, -0.2) is 4.39 Å². The molecule has 0 spiro atoms. The average molecular weight is 285 g/mol. The summed E-state index contributed by atoms with van der Waals surface area (Å²) >= 11 is 0. The Morgan fingerprint density at radius 3 is 2.63 bits per heavy atom. The van der Waals surface area contributed by atoms with E-state index in [2.05, 4.69) is 42.1 Å². The molecule has 2 N–H and O–H groups in total. The van der Waals surface area contributed by atoms with Gasteiger partial charge < -0.3 is 10.5 Å². The van der Waals surface area contributed by atoms with E-state index in [-0.39, 0.29) is 12.0 Å². The highest BCUT2D eigenvalue weighted by Crippen LogP contribution is 2.33. The predicted octanol–water partition coefficient (Wildman–Crippen LogP) is 2.46. The third-order valence-corrected chi connectivity index (χ3v) is 3.56. The second-order valence-electron chi connectivity index (χ2n) is 5.46. The smallest absolute Gasteiger partial charge is 0.107 e. The quantitative estimate of drug-likeness (QED) is 0.805. The van der Waals surface area contributed by atoms with Crippen LogP contribution in [0, 0.1) is 17.1 Å². The van der Waals surface area contributed by atoms with Gasteiger partial charge in [0.25, 0.3) is 0 Å². The van der Waals surface area contributed by atoms with Crippen LogP contribution < -0.4 is 5.73 Å². The number of ether oxygens (including phenoxy) is 1. The van der Waals surface area contributed by atoms with E-state index in [1.54, 1.807) is 7.11 Å². The van der Waals surface area contributed by atoms with E-state index < -0.39 is 22.7 Å². The monoisotopic (exact) mass is 285 g/mol. The number of rotatable bonds is 4. The van der Waals surface area contributed by atoms with Gasteiger partial charge >= 0.3 is 0 Å². The topological polar surface area (TPSA) is 35.2 Å². The van der Waals surface area contributed by atoms with Crippen LogP contribution in [0.1, 0.15) is 6.42 Å². The highest BCUT2D eigenvalue weighted by Gasteiger charge is 2.22. The number of hydrogen-bond acceptors (Lipinski definition) is 2. The second kappa shape index (κ2) is 7.14. The Kier molecular flexibility index (Phi) is 6.12. The van der Waals surface area contributed by atoms with E-state index in [0.29, 0.717) is 0 Å². The minimum Gasteiger partial charge on any atom is -0.375 e. The molecule has 108 valence electrons. The first-order valence-electron chi connectivity index (χ1n) is 6.30. The van der Waals surface area contributed by atoms with Crippen molar-refractivity contribution in [1.29, 1.82) is 0 Å². The zero-order chi connectivity index (χ0) is 14.5. The van der Waals surface area contributed by atoms with Gasteiger partial charge in [0.15, 0.2) is 0 Å². The molecule has 0 saturated carbocycles.